The molecule has 0 spiro atoms. The molecule has 0 aliphatic carbocycles. The lowest BCUT2D eigenvalue weighted by molar-refractivity contribution is -0.146. The fourth-order valence-electron chi connectivity index (χ4n) is 2.88. The Morgan fingerprint density at radius 3 is 2.38 bits per heavy atom. The maximum absolute atomic E-state index is 12.1. The Labute approximate surface area is 168 Å². The SMILES string of the molecule is Cc1cc(C)cc(C(=O)NCC(=O)OCC(=O)Nc2ccc3c(c2)OCCO3)c1. The molecule has 3 rings (SSSR count). The number of carbonyl (C=O) groups is 3. The number of ether oxygens (including phenoxy) is 3. The normalized spacial score (nSPS) is 12.1. The molecule has 2 amide bonds. The highest BCUT2D eigenvalue weighted by Gasteiger charge is 2.14. The number of fused-ring (bicyclic) bond motifs is 1. The van der Waals surface area contributed by atoms with Gasteiger partial charge in [0.25, 0.3) is 11.8 Å². The van der Waals surface area contributed by atoms with Crippen molar-refractivity contribution in [1.82, 2.24) is 5.32 Å². The lowest BCUT2D eigenvalue weighted by atomic mass is 10.1. The molecule has 0 fully saturated rings. The van der Waals surface area contributed by atoms with E-state index in [1.165, 1.54) is 0 Å². The number of benzene rings is 2. The standard InChI is InChI=1S/C21H22N2O6/c1-13-7-14(2)9-15(8-13)21(26)22-11-20(25)29-12-19(24)23-16-3-4-17-18(10-16)28-6-5-27-17/h3-4,7-10H,5-6,11-12H2,1-2H3,(H,22,26)(H,23,24). The van der Waals surface area contributed by atoms with Crippen LogP contribution in [0, 0.1) is 13.8 Å². The van der Waals surface area contributed by atoms with Gasteiger partial charge in [0.1, 0.15) is 19.8 Å². The van der Waals surface area contributed by atoms with E-state index in [1.54, 1.807) is 30.3 Å². The van der Waals surface area contributed by atoms with Crippen molar-refractivity contribution in [2.24, 2.45) is 0 Å². The summed E-state index contributed by atoms with van der Waals surface area (Å²) in [4.78, 5) is 35.9. The third-order valence-corrected chi connectivity index (χ3v) is 4.07. The van der Waals surface area contributed by atoms with Gasteiger partial charge in [-0.25, -0.2) is 0 Å². The predicted molar refractivity (Wildman–Crippen MR) is 105 cm³/mol. The zero-order chi connectivity index (χ0) is 20.8. The molecule has 8 heteroatoms. The minimum atomic E-state index is -0.708. The van der Waals surface area contributed by atoms with Gasteiger partial charge in [0, 0.05) is 17.3 Å². The number of anilines is 1. The van der Waals surface area contributed by atoms with Gasteiger partial charge in [-0.05, 0) is 38.1 Å². The third-order valence-electron chi connectivity index (χ3n) is 4.07. The van der Waals surface area contributed by atoms with E-state index in [9.17, 15) is 14.4 Å². The highest BCUT2D eigenvalue weighted by atomic mass is 16.6. The van der Waals surface area contributed by atoms with Crippen LogP contribution in [-0.2, 0) is 14.3 Å². The first kappa shape index (κ1) is 20.2. The van der Waals surface area contributed by atoms with Gasteiger partial charge in [0.15, 0.2) is 18.1 Å². The van der Waals surface area contributed by atoms with E-state index in [1.807, 2.05) is 19.9 Å². The number of nitrogens with one attached hydrogen (secondary N) is 2. The van der Waals surface area contributed by atoms with E-state index in [2.05, 4.69) is 10.6 Å². The quantitative estimate of drug-likeness (QED) is 0.722. The first-order chi connectivity index (χ1) is 13.9. The number of hydrogen-bond donors (Lipinski definition) is 2. The van der Waals surface area contributed by atoms with E-state index >= 15 is 0 Å². The Kier molecular flexibility index (Phi) is 6.33. The van der Waals surface area contributed by atoms with Crippen molar-refractivity contribution in [3.8, 4) is 11.5 Å². The van der Waals surface area contributed by atoms with Crippen LogP contribution in [0.25, 0.3) is 0 Å². The van der Waals surface area contributed by atoms with Crippen molar-refractivity contribution < 1.29 is 28.6 Å². The number of amides is 2. The largest absolute Gasteiger partial charge is 0.486 e. The highest BCUT2D eigenvalue weighted by Crippen LogP contribution is 2.32. The summed E-state index contributed by atoms with van der Waals surface area (Å²) in [6.45, 7) is 3.90. The zero-order valence-corrected chi connectivity index (χ0v) is 16.2. The number of aryl methyl sites for hydroxylation is 2. The van der Waals surface area contributed by atoms with Crippen molar-refractivity contribution in [1.29, 1.82) is 0 Å². The van der Waals surface area contributed by atoms with Crippen LogP contribution in [0.3, 0.4) is 0 Å². The van der Waals surface area contributed by atoms with Crippen LogP contribution in [-0.4, -0.2) is 44.1 Å². The second-order valence-corrected chi connectivity index (χ2v) is 6.63. The molecular weight excluding hydrogens is 376 g/mol. The van der Waals surface area contributed by atoms with Gasteiger partial charge < -0.3 is 24.8 Å². The number of carbonyl (C=O) groups excluding carboxylic acids is 3. The second-order valence-electron chi connectivity index (χ2n) is 6.63. The molecule has 29 heavy (non-hydrogen) atoms. The lowest BCUT2D eigenvalue weighted by Crippen LogP contribution is -2.32. The summed E-state index contributed by atoms with van der Waals surface area (Å²) in [5.41, 5.74) is 2.87. The summed E-state index contributed by atoms with van der Waals surface area (Å²) in [6, 6.07) is 10.4. The average Bonchev–Trinajstić information content (AvgIpc) is 2.69. The molecule has 2 aromatic carbocycles. The van der Waals surface area contributed by atoms with Crippen LogP contribution in [0.1, 0.15) is 21.5 Å². The molecule has 1 heterocycles. The van der Waals surface area contributed by atoms with E-state index in [4.69, 9.17) is 14.2 Å². The van der Waals surface area contributed by atoms with Gasteiger partial charge in [-0.3, -0.25) is 14.4 Å². The molecule has 1 aliphatic rings. The Hall–Kier alpha value is -3.55. The molecule has 8 nitrogen and oxygen atoms in total. The molecule has 2 aromatic rings. The molecule has 2 N–H and O–H groups in total. The summed E-state index contributed by atoms with van der Waals surface area (Å²) >= 11 is 0. The third kappa shape index (κ3) is 5.71. The molecule has 0 radical (unpaired) electrons. The Balaban J connectivity index is 1.43. The second kappa shape index (κ2) is 9.09. The molecule has 0 saturated heterocycles. The first-order valence-corrected chi connectivity index (χ1v) is 9.12. The highest BCUT2D eigenvalue weighted by molar-refractivity contribution is 5.97. The van der Waals surface area contributed by atoms with E-state index in [0.717, 1.165) is 11.1 Å². The van der Waals surface area contributed by atoms with Crippen LogP contribution in [0.4, 0.5) is 5.69 Å². The topological polar surface area (TPSA) is 103 Å². The molecular formula is C21H22N2O6. The Morgan fingerprint density at radius 1 is 0.966 bits per heavy atom. The van der Waals surface area contributed by atoms with Crippen molar-refractivity contribution in [2.45, 2.75) is 13.8 Å². The Morgan fingerprint density at radius 2 is 1.66 bits per heavy atom. The van der Waals surface area contributed by atoms with Crippen molar-refractivity contribution >= 4 is 23.5 Å². The van der Waals surface area contributed by atoms with Crippen molar-refractivity contribution in [3.05, 3.63) is 53.1 Å². The Bertz CT molecular complexity index is 921. The molecule has 1 aliphatic heterocycles. The summed E-state index contributed by atoms with van der Waals surface area (Å²) in [7, 11) is 0. The van der Waals surface area contributed by atoms with Crippen LogP contribution in [0.15, 0.2) is 36.4 Å². The summed E-state index contributed by atoms with van der Waals surface area (Å²) in [5.74, 6) is -0.439. The summed E-state index contributed by atoms with van der Waals surface area (Å²) < 4.78 is 15.8. The van der Waals surface area contributed by atoms with Crippen LogP contribution >= 0.6 is 0 Å². The lowest BCUT2D eigenvalue weighted by Gasteiger charge is -2.19. The van der Waals surface area contributed by atoms with E-state index in [-0.39, 0.29) is 12.5 Å². The maximum atomic E-state index is 12.1. The molecule has 0 aromatic heterocycles. The molecule has 0 unspecified atom stereocenters. The van der Waals surface area contributed by atoms with Crippen LogP contribution in [0.5, 0.6) is 11.5 Å². The molecule has 0 atom stereocenters. The first-order valence-electron chi connectivity index (χ1n) is 9.12. The van der Waals surface area contributed by atoms with E-state index in [0.29, 0.717) is 36.0 Å². The molecule has 0 bridgehead atoms. The van der Waals surface area contributed by atoms with Crippen molar-refractivity contribution in [2.75, 3.05) is 31.7 Å². The number of rotatable bonds is 6. The monoisotopic (exact) mass is 398 g/mol. The van der Waals surface area contributed by atoms with Gasteiger partial charge in [-0.1, -0.05) is 17.2 Å². The average molecular weight is 398 g/mol. The summed E-state index contributed by atoms with van der Waals surface area (Å²) in [5, 5.41) is 5.10. The zero-order valence-electron chi connectivity index (χ0n) is 16.2. The van der Waals surface area contributed by atoms with E-state index < -0.39 is 18.5 Å². The van der Waals surface area contributed by atoms with Gasteiger partial charge in [-0.2, -0.15) is 0 Å². The molecule has 0 saturated carbocycles. The van der Waals surface area contributed by atoms with Crippen LogP contribution in [0.2, 0.25) is 0 Å². The smallest absolute Gasteiger partial charge is 0.325 e. The minimum absolute atomic E-state index is 0.330. The van der Waals surface area contributed by atoms with Crippen molar-refractivity contribution in [3.63, 3.8) is 0 Å². The van der Waals surface area contributed by atoms with Gasteiger partial charge in [-0.15, -0.1) is 0 Å². The minimum Gasteiger partial charge on any atom is -0.486 e. The van der Waals surface area contributed by atoms with Gasteiger partial charge >= 0.3 is 5.97 Å². The number of hydrogen-bond acceptors (Lipinski definition) is 6. The number of esters is 1. The van der Waals surface area contributed by atoms with Gasteiger partial charge in [0.05, 0.1) is 0 Å². The fraction of sp³-hybridized carbons (Fsp3) is 0.286. The fourth-order valence-corrected chi connectivity index (χ4v) is 2.88. The summed E-state index contributed by atoms with van der Waals surface area (Å²) in [6.07, 6.45) is 0. The van der Waals surface area contributed by atoms with Gasteiger partial charge in [0.2, 0.25) is 0 Å². The maximum Gasteiger partial charge on any atom is 0.325 e. The van der Waals surface area contributed by atoms with Crippen LogP contribution < -0.4 is 20.1 Å². The predicted octanol–water partition coefficient (Wildman–Crippen LogP) is 1.99. The molecule has 152 valence electrons.